The summed E-state index contributed by atoms with van der Waals surface area (Å²) in [4.78, 5) is 0. The van der Waals surface area contributed by atoms with Crippen molar-refractivity contribution >= 4 is 11.4 Å². The van der Waals surface area contributed by atoms with Crippen molar-refractivity contribution in [3.05, 3.63) is 70.8 Å². The van der Waals surface area contributed by atoms with Gasteiger partial charge in [-0.3, -0.25) is 5.84 Å². The van der Waals surface area contributed by atoms with E-state index in [-0.39, 0.29) is 0 Å². The number of benzene rings is 2. The molecule has 0 aromatic heterocycles. The van der Waals surface area contributed by atoms with E-state index < -0.39 is 0 Å². The number of nitrogens with one attached hydrogen (secondary N) is 1. The van der Waals surface area contributed by atoms with Gasteiger partial charge in [0.05, 0.1) is 11.4 Å². The molecule has 0 radical (unpaired) electrons. The molecule has 0 heterocycles. The summed E-state index contributed by atoms with van der Waals surface area (Å²) < 4.78 is 0. The van der Waals surface area contributed by atoms with Crippen LogP contribution in [0.4, 0.5) is 0 Å². The van der Waals surface area contributed by atoms with Crippen LogP contribution in [0.15, 0.2) is 48.5 Å². The maximum absolute atomic E-state index is 6.44. The van der Waals surface area contributed by atoms with Gasteiger partial charge in [-0.15, -0.1) is 0 Å². The average molecular weight is 293 g/mol. The fraction of sp³-hybridized carbons (Fsp3) is 0.263. The van der Waals surface area contributed by atoms with Crippen LogP contribution < -0.4 is 17.0 Å². The molecule has 1 unspecified atom stereocenters. The molecule has 0 saturated heterocycles. The van der Waals surface area contributed by atoms with Crippen LogP contribution >= 0.6 is 0 Å². The lowest BCUT2D eigenvalue weighted by Gasteiger charge is -2.29. The molecule has 3 rings (SSSR count). The van der Waals surface area contributed by atoms with Crippen LogP contribution in [0.2, 0.25) is 0 Å². The first-order chi connectivity index (χ1) is 10.6. The lowest BCUT2D eigenvalue weighted by Crippen LogP contribution is -2.27. The van der Waals surface area contributed by atoms with E-state index in [0.29, 0.717) is 17.5 Å². The van der Waals surface area contributed by atoms with Crippen molar-refractivity contribution in [1.29, 1.82) is 0 Å². The summed E-state index contributed by atoms with van der Waals surface area (Å²) in [6.07, 6.45) is 0.989. The van der Waals surface area contributed by atoms with Gasteiger partial charge in [0.15, 0.2) is 0 Å². The lowest BCUT2D eigenvalue weighted by molar-refractivity contribution is 0.493. The summed E-state index contributed by atoms with van der Waals surface area (Å²) in [5.41, 5.74) is 15.6. The Morgan fingerprint density at radius 2 is 1.64 bits per heavy atom. The van der Waals surface area contributed by atoms with Crippen LogP contribution in [0.25, 0.3) is 11.4 Å². The fourth-order valence-corrected chi connectivity index (χ4v) is 3.39. The second-order valence-corrected chi connectivity index (χ2v) is 6.23. The van der Waals surface area contributed by atoms with Crippen molar-refractivity contribution in [2.45, 2.75) is 26.2 Å². The zero-order valence-electron chi connectivity index (χ0n) is 13.1. The third-order valence-corrected chi connectivity index (χ3v) is 4.60. The first-order valence-electron chi connectivity index (χ1n) is 7.77. The van der Waals surface area contributed by atoms with Gasteiger partial charge >= 0.3 is 0 Å². The third-order valence-electron chi connectivity index (χ3n) is 4.60. The quantitative estimate of drug-likeness (QED) is 0.588. The molecule has 1 atom stereocenters. The van der Waals surface area contributed by atoms with Gasteiger partial charge in [-0.2, -0.15) is 0 Å². The van der Waals surface area contributed by atoms with E-state index in [0.717, 1.165) is 23.2 Å². The van der Waals surface area contributed by atoms with Crippen molar-refractivity contribution < 1.29 is 0 Å². The topological polar surface area (TPSA) is 64.1 Å². The first-order valence-corrected chi connectivity index (χ1v) is 7.77. The molecular formula is C19H23N3. The zero-order valence-corrected chi connectivity index (χ0v) is 13.1. The van der Waals surface area contributed by atoms with Gasteiger partial charge in [0.1, 0.15) is 0 Å². The Morgan fingerprint density at radius 1 is 1.00 bits per heavy atom. The molecule has 0 amide bonds. The Labute approximate surface area is 132 Å². The number of hydrazine groups is 1. The molecule has 3 heteroatoms. The van der Waals surface area contributed by atoms with Gasteiger partial charge in [-0.1, -0.05) is 62.4 Å². The van der Waals surface area contributed by atoms with Gasteiger partial charge in [0, 0.05) is 11.1 Å². The maximum Gasteiger partial charge on any atom is 0.0798 e. The molecule has 5 N–H and O–H groups in total. The molecule has 0 bridgehead atoms. The van der Waals surface area contributed by atoms with Crippen LogP contribution in [-0.2, 0) is 6.42 Å². The monoisotopic (exact) mass is 293 g/mol. The van der Waals surface area contributed by atoms with E-state index in [1.807, 2.05) is 12.1 Å². The van der Waals surface area contributed by atoms with Crippen LogP contribution in [0, 0.1) is 5.92 Å². The zero-order chi connectivity index (χ0) is 15.7. The fourth-order valence-electron chi connectivity index (χ4n) is 3.39. The number of fused-ring (bicyclic) bond motifs is 2. The molecule has 1 aliphatic carbocycles. The molecular weight excluding hydrogens is 270 g/mol. The molecule has 0 aliphatic heterocycles. The number of rotatable bonds is 2. The van der Waals surface area contributed by atoms with Gasteiger partial charge in [-0.05, 0) is 29.4 Å². The van der Waals surface area contributed by atoms with Crippen LogP contribution in [-0.4, -0.2) is 0 Å². The molecule has 0 spiro atoms. The second kappa shape index (κ2) is 5.85. The summed E-state index contributed by atoms with van der Waals surface area (Å²) in [6, 6.07) is 16.8. The summed E-state index contributed by atoms with van der Waals surface area (Å²) in [7, 11) is 0. The highest BCUT2D eigenvalue weighted by Gasteiger charge is 2.25. The summed E-state index contributed by atoms with van der Waals surface area (Å²) in [5.74, 6) is 6.79. The van der Waals surface area contributed by atoms with Gasteiger partial charge in [0.2, 0.25) is 0 Å². The molecule has 2 aromatic rings. The van der Waals surface area contributed by atoms with E-state index in [1.165, 1.54) is 11.1 Å². The Kier molecular flexibility index (Phi) is 3.90. The summed E-state index contributed by atoms with van der Waals surface area (Å²) in [6.45, 7) is 4.54. The third kappa shape index (κ3) is 2.38. The average Bonchev–Trinajstić information content (AvgIpc) is 2.52. The maximum atomic E-state index is 6.44. The van der Waals surface area contributed by atoms with E-state index in [9.17, 15) is 0 Å². The van der Waals surface area contributed by atoms with Gasteiger partial charge in [-0.25, -0.2) is 0 Å². The molecule has 0 saturated carbocycles. The minimum absolute atomic E-state index is 0.439. The van der Waals surface area contributed by atoms with E-state index in [4.69, 9.17) is 11.6 Å². The predicted octanol–water partition coefficient (Wildman–Crippen LogP) is 3.23. The van der Waals surface area contributed by atoms with Crippen molar-refractivity contribution in [3.63, 3.8) is 0 Å². The standard InChI is InChI=1S/C19H23N3/c1-12(2)17-11-13-7-3-4-8-14(13)18(20)19(22-21)16-10-6-5-9-15(16)17/h3-10,12,17,22H,11,20-21H2,1-2H3/b19-18-. The molecule has 1 aliphatic rings. The van der Waals surface area contributed by atoms with E-state index >= 15 is 0 Å². The Hall–Kier alpha value is -2.26. The Bertz CT molecular complexity index is 716. The molecule has 22 heavy (non-hydrogen) atoms. The van der Waals surface area contributed by atoms with E-state index in [1.54, 1.807) is 0 Å². The Balaban J connectivity index is 2.33. The molecule has 3 nitrogen and oxygen atoms in total. The van der Waals surface area contributed by atoms with Gasteiger partial charge < -0.3 is 11.2 Å². The molecule has 0 fully saturated rings. The highest BCUT2D eigenvalue weighted by molar-refractivity contribution is 5.90. The number of hydrogen-bond acceptors (Lipinski definition) is 3. The minimum Gasteiger partial charge on any atom is -0.397 e. The second-order valence-electron chi connectivity index (χ2n) is 6.23. The highest BCUT2D eigenvalue weighted by Crippen LogP contribution is 2.38. The highest BCUT2D eigenvalue weighted by atomic mass is 15.2. The Morgan fingerprint density at radius 3 is 2.32 bits per heavy atom. The number of nitrogens with two attached hydrogens (primary N) is 2. The van der Waals surface area contributed by atoms with Crippen LogP contribution in [0.5, 0.6) is 0 Å². The van der Waals surface area contributed by atoms with Crippen molar-refractivity contribution in [2.75, 3.05) is 0 Å². The smallest absolute Gasteiger partial charge is 0.0798 e. The van der Waals surface area contributed by atoms with Crippen LogP contribution in [0.3, 0.4) is 0 Å². The lowest BCUT2D eigenvalue weighted by atomic mass is 9.77. The molecule has 114 valence electrons. The van der Waals surface area contributed by atoms with Crippen LogP contribution in [0.1, 0.15) is 42.0 Å². The first kappa shape index (κ1) is 14.7. The SMILES string of the molecule is CC(C)C1Cc2ccccc2/C(N)=C(/NN)c2ccccc21. The summed E-state index contributed by atoms with van der Waals surface area (Å²) in [5, 5.41) is 0. The van der Waals surface area contributed by atoms with Gasteiger partial charge in [0.25, 0.3) is 0 Å². The van der Waals surface area contributed by atoms with Crippen molar-refractivity contribution in [3.8, 4) is 0 Å². The minimum atomic E-state index is 0.439. The number of hydrogen-bond donors (Lipinski definition) is 3. The molecule has 2 aromatic carbocycles. The van der Waals surface area contributed by atoms with Crippen molar-refractivity contribution in [1.82, 2.24) is 5.43 Å². The largest absolute Gasteiger partial charge is 0.397 e. The van der Waals surface area contributed by atoms with Crippen molar-refractivity contribution in [2.24, 2.45) is 17.5 Å². The normalized spacial score (nSPS) is 20.8. The van der Waals surface area contributed by atoms with E-state index in [2.05, 4.69) is 55.7 Å². The predicted molar refractivity (Wildman–Crippen MR) is 92.5 cm³/mol. The summed E-state index contributed by atoms with van der Waals surface area (Å²) >= 11 is 0.